The molecule has 0 saturated heterocycles. The van der Waals surface area contributed by atoms with Gasteiger partial charge in [0.05, 0.1) is 0 Å². The molecule has 0 aliphatic carbocycles. The summed E-state index contributed by atoms with van der Waals surface area (Å²) in [5.41, 5.74) is 1.21. The Balaban J connectivity index is 1.49. The second-order valence-corrected chi connectivity index (χ2v) is 5.98. The highest BCUT2D eigenvalue weighted by molar-refractivity contribution is 5.35. The molecule has 1 unspecified atom stereocenters. The molecule has 0 amide bonds. The molecule has 0 fully saturated rings. The number of hydrogen-bond acceptors (Lipinski definition) is 4. The fourth-order valence-electron chi connectivity index (χ4n) is 2.42. The molecule has 1 heterocycles. The third-order valence-electron chi connectivity index (χ3n) is 3.82. The first kappa shape index (κ1) is 17.8. The highest BCUT2D eigenvalue weighted by Gasteiger charge is 2.07. The van der Waals surface area contributed by atoms with Gasteiger partial charge in [-0.3, -0.25) is 0 Å². The molecule has 0 aliphatic heterocycles. The van der Waals surface area contributed by atoms with Crippen LogP contribution < -0.4 is 14.2 Å². The van der Waals surface area contributed by atoms with E-state index in [0.717, 1.165) is 23.7 Å². The van der Waals surface area contributed by atoms with Gasteiger partial charge in [-0.25, -0.2) is 4.98 Å². The summed E-state index contributed by atoms with van der Waals surface area (Å²) in [5.74, 6) is 2.99. The summed E-state index contributed by atoms with van der Waals surface area (Å²) in [5, 5.41) is 0. The zero-order valence-electron chi connectivity index (χ0n) is 15.1. The van der Waals surface area contributed by atoms with E-state index in [4.69, 9.17) is 14.2 Å². The minimum absolute atomic E-state index is 0.102. The molecule has 0 bridgehead atoms. The predicted molar refractivity (Wildman–Crippen MR) is 102 cm³/mol. The van der Waals surface area contributed by atoms with E-state index in [2.05, 4.69) is 11.9 Å². The van der Waals surface area contributed by atoms with Gasteiger partial charge >= 0.3 is 0 Å². The summed E-state index contributed by atoms with van der Waals surface area (Å²) in [6, 6.07) is 21.2. The zero-order valence-corrected chi connectivity index (χ0v) is 15.1. The van der Waals surface area contributed by atoms with Crippen LogP contribution in [-0.2, 0) is 6.42 Å². The van der Waals surface area contributed by atoms with Gasteiger partial charge in [0.1, 0.15) is 30.0 Å². The first-order valence-corrected chi connectivity index (χ1v) is 8.80. The highest BCUT2D eigenvalue weighted by Crippen LogP contribution is 2.23. The van der Waals surface area contributed by atoms with E-state index in [9.17, 15) is 0 Å². The maximum absolute atomic E-state index is 5.82. The van der Waals surface area contributed by atoms with E-state index in [0.29, 0.717) is 12.5 Å². The van der Waals surface area contributed by atoms with Crippen LogP contribution >= 0.6 is 0 Å². The standard InChI is InChI=1S/C22H23NO3/c1-3-18-13-14-23-22(15-18)25-17(2)16-24-19-9-11-21(12-10-19)26-20-7-5-4-6-8-20/h4-15,17H,3,16H2,1-2H3. The SMILES string of the molecule is CCc1ccnc(OC(C)COc2ccc(Oc3ccccc3)cc2)c1. The van der Waals surface area contributed by atoms with Crippen LogP contribution in [-0.4, -0.2) is 17.7 Å². The summed E-state index contributed by atoms with van der Waals surface area (Å²) < 4.78 is 17.4. The van der Waals surface area contributed by atoms with Crippen LogP contribution in [0.15, 0.2) is 72.9 Å². The summed E-state index contributed by atoms with van der Waals surface area (Å²) >= 11 is 0. The number of pyridine rings is 1. The summed E-state index contributed by atoms with van der Waals surface area (Å²) in [7, 11) is 0. The van der Waals surface area contributed by atoms with Crippen molar-refractivity contribution in [2.45, 2.75) is 26.4 Å². The molecule has 0 aliphatic rings. The minimum Gasteiger partial charge on any atom is -0.490 e. The number of ether oxygens (including phenoxy) is 3. The average molecular weight is 349 g/mol. The summed E-state index contributed by atoms with van der Waals surface area (Å²) in [6.07, 6.45) is 2.63. The average Bonchev–Trinajstić information content (AvgIpc) is 2.68. The number of rotatable bonds is 8. The fourth-order valence-corrected chi connectivity index (χ4v) is 2.42. The first-order valence-electron chi connectivity index (χ1n) is 8.80. The molecule has 4 heteroatoms. The maximum Gasteiger partial charge on any atom is 0.213 e. The molecule has 0 N–H and O–H groups in total. The van der Waals surface area contributed by atoms with Crippen molar-refractivity contribution in [3.05, 3.63) is 78.5 Å². The lowest BCUT2D eigenvalue weighted by molar-refractivity contribution is 0.138. The van der Waals surface area contributed by atoms with Gasteiger partial charge in [-0.1, -0.05) is 25.1 Å². The van der Waals surface area contributed by atoms with Crippen LogP contribution in [0.4, 0.5) is 0 Å². The van der Waals surface area contributed by atoms with Crippen molar-refractivity contribution in [3.63, 3.8) is 0 Å². The Morgan fingerprint density at radius 1 is 0.885 bits per heavy atom. The van der Waals surface area contributed by atoms with E-state index in [1.54, 1.807) is 6.20 Å². The predicted octanol–water partition coefficient (Wildman–Crippen LogP) is 5.28. The van der Waals surface area contributed by atoms with Gasteiger partial charge in [0.2, 0.25) is 5.88 Å². The normalized spacial score (nSPS) is 11.6. The Hall–Kier alpha value is -3.01. The van der Waals surface area contributed by atoms with Crippen LogP contribution in [0.2, 0.25) is 0 Å². The summed E-state index contributed by atoms with van der Waals surface area (Å²) in [6.45, 7) is 4.51. The molecule has 1 aromatic heterocycles. The topological polar surface area (TPSA) is 40.6 Å². The Bertz CT molecular complexity index is 803. The number of hydrogen-bond donors (Lipinski definition) is 0. The monoisotopic (exact) mass is 349 g/mol. The third-order valence-corrected chi connectivity index (χ3v) is 3.82. The smallest absolute Gasteiger partial charge is 0.213 e. The molecule has 26 heavy (non-hydrogen) atoms. The third kappa shape index (κ3) is 5.24. The second-order valence-electron chi connectivity index (χ2n) is 5.98. The Labute approximate surface area is 154 Å². The lowest BCUT2D eigenvalue weighted by atomic mass is 10.2. The lowest BCUT2D eigenvalue weighted by Crippen LogP contribution is -2.21. The number of benzene rings is 2. The van der Waals surface area contributed by atoms with Crippen LogP contribution in [0.1, 0.15) is 19.4 Å². The number of nitrogens with zero attached hydrogens (tertiary/aromatic N) is 1. The molecule has 0 radical (unpaired) electrons. The van der Waals surface area contributed by atoms with Gasteiger partial charge in [-0.15, -0.1) is 0 Å². The van der Waals surface area contributed by atoms with Crippen molar-refractivity contribution in [1.82, 2.24) is 4.98 Å². The molecule has 4 nitrogen and oxygen atoms in total. The molecule has 0 spiro atoms. The number of aromatic nitrogens is 1. The number of para-hydroxylation sites is 1. The van der Waals surface area contributed by atoms with Crippen LogP contribution in [0.3, 0.4) is 0 Å². The van der Waals surface area contributed by atoms with E-state index >= 15 is 0 Å². The van der Waals surface area contributed by atoms with Gasteiger partial charge in [0.15, 0.2) is 0 Å². The molecule has 2 aromatic carbocycles. The number of aryl methyl sites for hydroxylation is 1. The van der Waals surface area contributed by atoms with Gasteiger partial charge in [0.25, 0.3) is 0 Å². The molecule has 3 rings (SSSR count). The fraction of sp³-hybridized carbons (Fsp3) is 0.227. The quantitative estimate of drug-likeness (QED) is 0.554. The molecule has 1 atom stereocenters. The largest absolute Gasteiger partial charge is 0.490 e. The Morgan fingerprint density at radius 2 is 1.58 bits per heavy atom. The maximum atomic E-state index is 5.82. The Kier molecular flexibility index (Phi) is 6.09. The first-order chi connectivity index (χ1) is 12.7. The molecular formula is C22H23NO3. The molecular weight excluding hydrogens is 326 g/mol. The van der Waals surface area contributed by atoms with Gasteiger partial charge in [-0.05, 0) is 61.4 Å². The second kappa shape index (κ2) is 8.90. The van der Waals surface area contributed by atoms with E-state index < -0.39 is 0 Å². The van der Waals surface area contributed by atoms with Crippen molar-refractivity contribution < 1.29 is 14.2 Å². The Morgan fingerprint density at radius 3 is 2.31 bits per heavy atom. The van der Waals surface area contributed by atoms with Crippen molar-refractivity contribution in [2.75, 3.05) is 6.61 Å². The van der Waals surface area contributed by atoms with E-state index in [-0.39, 0.29) is 6.10 Å². The lowest BCUT2D eigenvalue weighted by Gasteiger charge is -2.15. The van der Waals surface area contributed by atoms with Crippen LogP contribution in [0.5, 0.6) is 23.1 Å². The van der Waals surface area contributed by atoms with Crippen molar-refractivity contribution in [2.24, 2.45) is 0 Å². The zero-order chi connectivity index (χ0) is 18.2. The van der Waals surface area contributed by atoms with Crippen LogP contribution in [0, 0.1) is 0 Å². The van der Waals surface area contributed by atoms with Gasteiger partial charge in [-0.2, -0.15) is 0 Å². The van der Waals surface area contributed by atoms with E-state index in [1.165, 1.54) is 5.56 Å². The molecule has 3 aromatic rings. The summed E-state index contributed by atoms with van der Waals surface area (Å²) in [4.78, 5) is 4.24. The highest BCUT2D eigenvalue weighted by atomic mass is 16.5. The van der Waals surface area contributed by atoms with E-state index in [1.807, 2.05) is 73.7 Å². The van der Waals surface area contributed by atoms with Gasteiger partial charge < -0.3 is 14.2 Å². The molecule has 0 saturated carbocycles. The van der Waals surface area contributed by atoms with Crippen molar-refractivity contribution in [3.8, 4) is 23.1 Å². The van der Waals surface area contributed by atoms with Crippen molar-refractivity contribution >= 4 is 0 Å². The molecule has 134 valence electrons. The minimum atomic E-state index is -0.102. The van der Waals surface area contributed by atoms with Gasteiger partial charge in [0, 0.05) is 12.3 Å². The van der Waals surface area contributed by atoms with Crippen molar-refractivity contribution in [1.29, 1.82) is 0 Å². The van der Waals surface area contributed by atoms with Crippen LogP contribution in [0.25, 0.3) is 0 Å².